The Labute approximate surface area is 148 Å². The van der Waals surface area contributed by atoms with Crippen molar-refractivity contribution in [3.63, 3.8) is 0 Å². The van der Waals surface area contributed by atoms with E-state index in [9.17, 15) is 0 Å². The highest BCUT2D eigenvalue weighted by molar-refractivity contribution is 14.1. The van der Waals surface area contributed by atoms with E-state index in [1.54, 1.807) is 0 Å². The highest BCUT2D eigenvalue weighted by Crippen LogP contribution is 2.42. The van der Waals surface area contributed by atoms with Crippen molar-refractivity contribution in [3.05, 3.63) is 33.8 Å². The molecule has 2 aromatic heterocycles. The van der Waals surface area contributed by atoms with E-state index in [0.29, 0.717) is 23.2 Å². The number of fused-ring (bicyclic) bond motifs is 1. The molecule has 22 heavy (non-hydrogen) atoms. The van der Waals surface area contributed by atoms with E-state index in [2.05, 4.69) is 74.7 Å². The molecule has 2 rings (SSSR count). The van der Waals surface area contributed by atoms with Gasteiger partial charge in [-0.3, -0.25) is 4.40 Å². The molecular formula is C17H27IN2OSi. The summed E-state index contributed by atoms with van der Waals surface area (Å²) in [6.45, 7) is 14.5. The fraction of sp³-hybridized carbons (Fsp3) is 0.588. The minimum atomic E-state index is -1.83. The number of aromatic nitrogens is 2. The molecule has 0 aliphatic heterocycles. The van der Waals surface area contributed by atoms with Crippen molar-refractivity contribution in [2.75, 3.05) is 0 Å². The maximum atomic E-state index is 6.67. The second-order valence-electron chi connectivity index (χ2n) is 6.88. The van der Waals surface area contributed by atoms with Gasteiger partial charge in [-0.05, 0) is 51.3 Å². The predicted molar refractivity (Wildman–Crippen MR) is 104 cm³/mol. The molecule has 0 saturated heterocycles. The Morgan fingerprint density at radius 3 is 2.18 bits per heavy atom. The Kier molecular flexibility index (Phi) is 5.72. The van der Waals surface area contributed by atoms with E-state index >= 15 is 0 Å². The molecule has 0 spiro atoms. The Morgan fingerprint density at radius 2 is 1.68 bits per heavy atom. The molecule has 0 saturated carbocycles. The molecule has 0 unspecified atom stereocenters. The van der Waals surface area contributed by atoms with Crippen LogP contribution in [-0.4, -0.2) is 17.7 Å². The normalized spacial score (nSPS) is 13.0. The lowest BCUT2D eigenvalue weighted by atomic mass is 10.5. The number of hydrogen-bond donors (Lipinski definition) is 0. The van der Waals surface area contributed by atoms with Gasteiger partial charge in [0.15, 0.2) is 0 Å². The summed E-state index contributed by atoms with van der Waals surface area (Å²) in [5.74, 6) is 0. The fourth-order valence-corrected chi connectivity index (χ4v) is 9.87. The Bertz CT molecular complexity index is 615. The van der Waals surface area contributed by atoms with Gasteiger partial charge in [-0.15, -0.1) is 0 Å². The summed E-state index contributed by atoms with van der Waals surface area (Å²) in [5, 5.41) is 0. The van der Waals surface area contributed by atoms with Gasteiger partial charge < -0.3 is 4.43 Å². The predicted octanol–water partition coefficient (Wildman–Crippen LogP) is 5.63. The van der Waals surface area contributed by atoms with E-state index in [1.807, 2.05) is 18.2 Å². The van der Waals surface area contributed by atoms with Crippen molar-refractivity contribution in [1.82, 2.24) is 9.38 Å². The van der Waals surface area contributed by atoms with Gasteiger partial charge in [-0.2, -0.15) is 0 Å². The van der Waals surface area contributed by atoms with Crippen LogP contribution in [0.2, 0.25) is 16.6 Å². The van der Waals surface area contributed by atoms with Gasteiger partial charge in [0.25, 0.3) is 0 Å². The van der Waals surface area contributed by atoms with E-state index in [1.165, 1.54) is 0 Å². The van der Waals surface area contributed by atoms with E-state index in [4.69, 9.17) is 9.41 Å². The minimum absolute atomic E-state index is 0.599. The minimum Gasteiger partial charge on any atom is -0.410 e. The molecule has 0 amide bonds. The Morgan fingerprint density at radius 1 is 1.09 bits per heavy atom. The third-order valence-corrected chi connectivity index (χ3v) is 11.9. The first-order valence-corrected chi connectivity index (χ1v) is 11.3. The second-order valence-corrected chi connectivity index (χ2v) is 13.4. The number of imidazole rings is 1. The van der Waals surface area contributed by atoms with Crippen LogP contribution in [0.5, 0.6) is 0 Å². The van der Waals surface area contributed by atoms with E-state index in [-0.39, 0.29) is 0 Å². The topological polar surface area (TPSA) is 26.5 Å². The molecule has 0 aliphatic rings. The second kappa shape index (κ2) is 7.01. The van der Waals surface area contributed by atoms with Crippen molar-refractivity contribution >= 4 is 36.6 Å². The highest BCUT2D eigenvalue weighted by atomic mass is 127. The van der Waals surface area contributed by atoms with Crippen LogP contribution < -0.4 is 0 Å². The van der Waals surface area contributed by atoms with Gasteiger partial charge in [0.05, 0.1) is 12.3 Å². The van der Waals surface area contributed by atoms with Crippen molar-refractivity contribution < 1.29 is 4.43 Å². The highest BCUT2D eigenvalue weighted by Gasteiger charge is 2.45. The number of nitrogens with zero attached hydrogens (tertiary/aromatic N) is 2. The first-order chi connectivity index (χ1) is 10.3. The van der Waals surface area contributed by atoms with Crippen LogP contribution in [0, 0.1) is 3.70 Å². The zero-order valence-corrected chi connectivity index (χ0v) is 17.6. The first kappa shape index (κ1) is 17.9. The van der Waals surface area contributed by atoms with Gasteiger partial charge in [0.1, 0.15) is 9.35 Å². The number of rotatable bonds is 6. The standard InChI is InChI=1S/C17H27IN2OSi/c1-12(2)22(13(3)4,14(5)6)21-11-15-17(18)20-10-8-7-9-16(20)19-15/h7-10,12-14H,11H2,1-6H3. The Balaban J connectivity index is 2.30. The summed E-state index contributed by atoms with van der Waals surface area (Å²) in [5.41, 5.74) is 3.86. The van der Waals surface area contributed by atoms with Crippen LogP contribution in [0.25, 0.3) is 5.65 Å². The number of pyridine rings is 1. The van der Waals surface area contributed by atoms with Crippen molar-refractivity contribution in [1.29, 1.82) is 0 Å². The van der Waals surface area contributed by atoms with Crippen molar-refractivity contribution in [2.24, 2.45) is 0 Å². The average molecular weight is 430 g/mol. The maximum Gasteiger partial charge on any atom is 0.200 e. The third-order valence-electron chi connectivity index (χ3n) is 4.70. The van der Waals surface area contributed by atoms with Crippen LogP contribution in [-0.2, 0) is 11.0 Å². The average Bonchev–Trinajstić information content (AvgIpc) is 2.76. The molecule has 122 valence electrons. The molecule has 0 radical (unpaired) electrons. The fourth-order valence-electron chi connectivity index (χ4n) is 3.80. The van der Waals surface area contributed by atoms with Crippen LogP contribution in [0.1, 0.15) is 47.2 Å². The third kappa shape index (κ3) is 3.12. The molecule has 0 bridgehead atoms. The lowest BCUT2D eigenvalue weighted by Gasteiger charge is -2.42. The van der Waals surface area contributed by atoms with E-state index < -0.39 is 8.32 Å². The summed E-state index contributed by atoms with van der Waals surface area (Å²) >= 11 is 2.37. The molecule has 0 fully saturated rings. The van der Waals surface area contributed by atoms with Gasteiger partial charge in [-0.25, -0.2) is 4.98 Å². The molecule has 2 heterocycles. The summed E-state index contributed by atoms with van der Waals surface area (Å²) in [6, 6.07) is 6.11. The summed E-state index contributed by atoms with van der Waals surface area (Å²) in [4.78, 5) is 4.75. The summed E-state index contributed by atoms with van der Waals surface area (Å²) < 4.78 is 9.96. The molecule has 0 N–H and O–H groups in total. The zero-order valence-electron chi connectivity index (χ0n) is 14.4. The number of hydrogen-bond acceptors (Lipinski definition) is 2. The SMILES string of the molecule is CC(C)[Si](OCc1nc2ccccn2c1I)(C(C)C)C(C)C. The molecule has 3 nitrogen and oxygen atoms in total. The molecular weight excluding hydrogens is 403 g/mol. The largest absolute Gasteiger partial charge is 0.410 e. The molecule has 5 heteroatoms. The van der Waals surface area contributed by atoms with Gasteiger partial charge in [0, 0.05) is 6.20 Å². The smallest absolute Gasteiger partial charge is 0.200 e. The van der Waals surface area contributed by atoms with Gasteiger partial charge in [0.2, 0.25) is 8.32 Å². The van der Waals surface area contributed by atoms with Crippen molar-refractivity contribution in [3.8, 4) is 0 Å². The van der Waals surface area contributed by atoms with Gasteiger partial charge in [-0.1, -0.05) is 47.6 Å². The number of halogens is 1. The quantitative estimate of drug-likeness (QED) is 0.439. The van der Waals surface area contributed by atoms with Crippen LogP contribution in [0.3, 0.4) is 0 Å². The Hall–Kier alpha value is -0.403. The molecule has 0 atom stereocenters. The summed E-state index contributed by atoms with van der Waals surface area (Å²) in [7, 11) is -1.83. The molecule has 0 aliphatic carbocycles. The molecule has 2 aromatic rings. The van der Waals surface area contributed by atoms with Crippen LogP contribution in [0.4, 0.5) is 0 Å². The van der Waals surface area contributed by atoms with Crippen molar-refractivity contribution in [2.45, 2.75) is 64.8 Å². The maximum absolute atomic E-state index is 6.67. The first-order valence-electron chi connectivity index (χ1n) is 8.06. The lowest BCUT2D eigenvalue weighted by molar-refractivity contribution is 0.261. The summed E-state index contributed by atoms with van der Waals surface area (Å²) in [6.07, 6.45) is 2.06. The van der Waals surface area contributed by atoms with E-state index in [0.717, 1.165) is 15.0 Å². The monoisotopic (exact) mass is 430 g/mol. The van der Waals surface area contributed by atoms with Crippen LogP contribution >= 0.6 is 22.6 Å². The zero-order chi connectivity index (χ0) is 16.5. The van der Waals surface area contributed by atoms with Gasteiger partial charge >= 0.3 is 0 Å². The van der Waals surface area contributed by atoms with Crippen LogP contribution in [0.15, 0.2) is 24.4 Å². The lowest BCUT2D eigenvalue weighted by Crippen LogP contribution is -2.47. The molecule has 0 aromatic carbocycles.